The third-order valence-electron chi connectivity index (χ3n) is 4.13. The van der Waals surface area contributed by atoms with Gasteiger partial charge in [-0.25, -0.2) is 4.98 Å². The number of nitrogens with zero attached hydrogens (tertiary/aromatic N) is 3. The van der Waals surface area contributed by atoms with E-state index >= 15 is 0 Å². The Bertz CT molecular complexity index is 863. The Morgan fingerprint density at radius 1 is 1.31 bits per heavy atom. The number of halogens is 4. The molecule has 0 aromatic carbocycles. The number of ether oxygens (including phenoxy) is 1. The number of aliphatic hydroxyl groups excluding tert-OH is 2. The molecule has 29 heavy (non-hydrogen) atoms. The van der Waals surface area contributed by atoms with Gasteiger partial charge in [-0.05, 0) is 0 Å². The molecule has 1 fully saturated rings. The zero-order valence-electron chi connectivity index (χ0n) is 14.5. The number of aromatic amines is 1. The fourth-order valence-electron chi connectivity index (χ4n) is 2.65. The third kappa shape index (κ3) is 4.96. The van der Waals surface area contributed by atoms with Crippen molar-refractivity contribution in [2.75, 3.05) is 18.5 Å². The predicted molar refractivity (Wildman–Crippen MR) is 87.1 cm³/mol. The summed E-state index contributed by atoms with van der Waals surface area (Å²) in [6.07, 6.45) is -7.03. The Hall–Kier alpha value is -2.84. The number of alkyl halides is 3. The Labute approximate surface area is 160 Å². The minimum atomic E-state index is -4.69. The van der Waals surface area contributed by atoms with E-state index < -0.39 is 48.1 Å². The quantitative estimate of drug-likeness (QED) is 0.414. The lowest BCUT2D eigenvalue weighted by molar-refractivity contribution is -0.141. The summed E-state index contributed by atoms with van der Waals surface area (Å²) in [5, 5.41) is 30.7. The Kier molecular flexibility index (Phi) is 5.95. The summed E-state index contributed by atoms with van der Waals surface area (Å²) in [6.45, 7) is -0.421. The van der Waals surface area contributed by atoms with E-state index in [1.807, 2.05) is 5.10 Å². The van der Waals surface area contributed by atoms with Gasteiger partial charge in [0.2, 0.25) is 5.95 Å². The minimum absolute atomic E-state index is 0.201. The average molecular weight is 420 g/mol. The maximum absolute atomic E-state index is 12.8. The summed E-state index contributed by atoms with van der Waals surface area (Å²) in [5.41, 5.74) is -1.43. The Morgan fingerprint density at radius 3 is 2.72 bits per heavy atom. The lowest BCUT2D eigenvalue weighted by Gasteiger charge is -2.38. The van der Waals surface area contributed by atoms with Crippen molar-refractivity contribution in [3.63, 3.8) is 0 Å². The van der Waals surface area contributed by atoms with Crippen molar-refractivity contribution in [3.8, 4) is 0 Å². The first-order valence-corrected chi connectivity index (χ1v) is 8.28. The minimum Gasteiger partial charge on any atom is -0.388 e. The van der Waals surface area contributed by atoms with E-state index in [0.717, 1.165) is 12.3 Å². The zero-order chi connectivity index (χ0) is 21.2. The summed E-state index contributed by atoms with van der Waals surface area (Å²) < 4.78 is 56.3. The summed E-state index contributed by atoms with van der Waals surface area (Å²) in [4.78, 5) is 18.6. The van der Waals surface area contributed by atoms with Crippen molar-refractivity contribution in [2.24, 2.45) is 0 Å². The van der Waals surface area contributed by atoms with Gasteiger partial charge < -0.3 is 25.6 Å². The lowest BCUT2D eigenvalue weighted by Crippen LogP contribution is -2.58. The molecule has 158 valence electrons. The number of aromatic nitrogens is 4. The van der Waals surface area contributed by atoms with Gasteiger partial charge in [0, 0.05) is 12.6 Å². The van der Waals surface area contributed by atoms with Crippen LogP contribution in [0.2, 0.25) is 0 Å². The van der Waals surface area contributed by atoms with E-state index in [-0.39, 0.29) is 24.7 Å². The van der Waals surface area contributed by atoms with Crippen molar-refractivity contribution < 1.29 is 37.3 Å². The highest BCUT2D eigenvalue weighted by Crippen LogP contribution is 2.28. The van der Waals surface area contributed by atoms with E-state index in [1.54, 1.807) is 0 Å². The van der Waals surface area contributed by atoms with Crippen LogP contribution in [-0.2, 0) is 10.9 Å². The smallest absolute Gasteiger partial charge is 0.388 e. The molecule has 1 amide bonds. The Morgan fingerprint density at radius 2 is 2.07 bits per heavy atom. The van der Waals surface area contributed by atoms with Crippen LogP contribution < -0.4 is 10.6 Å². The summed E-state index contributed by atoms with van der Waals surface area (Å²) in [7, 11) is 0. The van der Waals surface area contributed by atoms with Crippen LogP contribution in [0.1, 0.15) is 16.2 Å². The molecule has 1 aliphatic heterocycles. The van der Waals surface area contributed by atoms with Crippen LogP contribution in [0.25, 0.3) is 0 Å². The topological polar surface area (TPSA) is 145 Å². The molecule has 2 aromatic rings. The zero-order valence-corrected chi connectivity index (χ0v) is 14.5. The highest BCUT2D eigenvalue weighted by Gasteiger charge is 2.39. The van der Waals surface area contributed by atoms with Crippen LogP contribution in [0.15, 0.2) is 18.5 Å². The number of aliphatic hydroxyl groups is 2. The number of carbonyl (C=O) groups excluding carboxylic acids is 1. The molecule has 0 unspecified atom stereocenters. The third-order valence-corrected chi connectivity index (χ3v) is 4.13. The van der Waals surface area contributed by atoms with Gasteiger partial charge in [-0.1, -0.05) is 0 Å². The van der Waals surface area contributed by atoms with E-state index in [2.05, 4.69) is 25.7 Å². The van der Waals surface area contributed by atoms with Gasteiger partial charge in [-0.3, -0.25) is 14.9 Å². The second-order valence-corrected chi connectivity index (χ2v) is 6.20. The highest BCUT2D eigenvalue weighted by molar-refractivity contribution is 5.92. The van der Waals surface area contributed by atoms with E-state index in [1.165, 1.54) is 0 Å². The molecule has 0 saturated carbocycles. The van der Waals surface area contributed by atoms with Crippen molar-refractivity contribution >= 4 is 11.7 Å². The normalized spacial score (nSPS) is 24.9. The number of carbonyl (C=O) groups is 1. The summed E-state index contributed by atoms with van der Waals surface area (Å²) in [6, 6.07) is -0.103. The van der Waals surface area contributed by atoms with Gasteiger partial charge in [0.25, 0.3) is 5.91 Å². The van der Waals surface area contributed by atoms with Gasteiger partial charge in [-0.2, -0.15) is 22.7 Å². The molecule has 1 saturated heterocycles. The molecule has 0 radical (unpaired) electrons. The number of H-pyrrole nitrogens is 1. The van der Waals surface area contributed by atoms with E-state index in [4.69, 9.17) is 4.74 Å². The van der Waals surface area contributed by atoms with Gasteiger partial charge in [0.15, 0.2) is 11.4 Å². The number of nitrogens with one attached hydrogen (secondary N) is 3. The van der Waals surface area contributed by atoms with Crippen LogP contribution >= 0.6 is 0 Å². The molecule has 0 spiro atoms. The monoisotopic (exact) mass is 420 g/mol. The van der Waals surface area contributed by atoms with Crippen molar-refractivity contribution in [2.45, 2.75) is 30.5 Å². The average Bonchev–Trinajstić information content (AvgIpc) is 3.11. The maximum atomic E-state index is 12.8. The second kappa shape index (κ2) is 8.26. The molecular formula is C15H16F4N6O4. The van der Waals surface area contributed by atoms with Crippen molar-refractivity contribution in [1.82, 2.24) is 25.5 Å². The molecule has 0 aliphatic carbocycles. The number of hydrogen-bond donors (Lipinski definition) is 5. The maximum Gasteiger partial charge on any atom is 0.434 e. The first-order chi connectivity index (χ1) is 13.6. The van der Waals surface area contributed by atoms with Crippen molar-refractivity contribution in [3.05, 3.63) is 35.8 Å². The van der Waals surface area contributed by atoms with Gasteiger partial charge in [0.1, 0.15) is 24.1 Å². The molecule has 3 heterocycles. The first-order valence-electron chi connectivity index (χ1n) is 8.28. The predicted octanol–water partition coefficient (Wildman–Crippen LogP) is -0.311. The summed E-state index contributed by atoms with van der Waals surface area (Å²) in [5.74, 6) is -1.78. The largest absolute Gasteiger partial charge is 0.434 e. The van der Waals surface area contributed by atoms with Gasteiger partial charge in [0.05, 0.1) is 25.0 Å². The molecule has 3 rings (SSSR count). The SMILES string of the molecule is O=C(NC[C@H]1OC[C@H](Nc2cncc(C(F)(F)F)n2)[C@@H](O)[C@H]1O)c1cc(F)[nH]n1. The van der Waals surface area contributed by atoms with Gasteiger partial charge in [-0.15, -0.1) is 0 Å². The second-order valence-electron chi connectivity index (χ2n) is 6.20. The first kappa shape index (κ1) is 20.9. The number of hydrogen-bond acceptors (Lipinski definition) is 8. The fourth-order valence-corrected chi connectivity index (χ4v) is 2.65. The van der Waals surface area contributed by atoms with Crippen LogP contribution in [-0.4, -0.2) is 73.8 Å². The molecule has 2 aromatic heterocycles. The van der Waals surface area contributed by atoms with Crippen LogP contribution in [0, 0.1) is 5.95 Å². The van der Waals surface area contributed by atoms with E-state index in [9.17, 15) is 32.6 Å². The van der Waals surface area contributed by atoms with Gasteiger partial charge >= 0.3 is 6.18 Å². The van der Waals surface area contributed by atoms with E-state index in [0.29, 0.717) is 6.20 Å². The van der Waals surface area contributed by atoms with Crippen LogP contribution in [0.5, 0.6) is 0 Å². The number of amides is 1. The number of rotatable bonds is 5. The molecule has 0 bridgehead atoms. The molecule has 10 nitrogen and oxygen atoms in total. The molecule has 4 atom stereocenters. The Balaban J connectivity index is 1.56. The number of anilines is 1. The summed E-state index contributed by atoms with van der Waals surface area (Å²) >= 11 is 0. The lowest BCUT2D eigenvalue weighted by atomic mass is 9.98. The standard InChI is InChI=1S/C15H16F4N6O4/c16-10-1-6(24-25-10)14(28)21-2-8-13(27)12(26)7(5-29-8)22-11-4-20-3-9(23-11)15(17,18)19/h1,3-4,7-8,12-13,26-27H,2,5H2,(H,21,28)(H,22,23)(H,24,25)/t7-,8+,12+,13-/m0/s1. The fraction of sp³-hybridized carbons (Fsp3) is 0.467. The molecular weight excluding hydrogens is 404 g/mol. The van der Waals surface area contributed by atoms with Crippen molar-refractivity contribution in [1.29, 1.82) is 0 Å². The molecule has 14 heteroatoms. The highest BCUT2D eigenvalue weighted by atomic mass is 19.4. The molecule has 5 N–H and O–H groups in total. The van der Waals surface area contributed by atoms with Crippen LogP contribution in [0.4, 0.5) is 23.4 Å². The van der Waals surface area contributed by atoms with Crippen LogP contribution in [0.3, 0.4) is 0 Å². The molecule has 1 aliphatic rings.